The van der Waals surface area contributed by atoms with Gasteiger partial charge in [-0.15, -0.1) is 0 Å². The molecule has 0 aliphatic heterocycles. The summed E-state index contributed by atoms with van der Waals surface area (Å²) in [7, 11) is 0. The van der Waals surface area contributed by atoms with Gasteiger partial charge in [0.2, 0.25) is 0 Å². The number of para-hydroxylation sites is 1. The second-order valence-electron chi connectivity index (χ2n) is 18.1. The number of nitrogens with zero attached hydrogens (tertiary/aromatic N) is 3. The van der Waals surface area contributed by atoms with Crippen molar-refractivity contribution in [2.24, 2.45) is 5.41 Å². The first kappa shape index (κ1) is 31.3. The van der Waals surface area contributed by atoms with Crippen LogP contribution in [0.5, 0.6) is 0 Å². The molecule has 1 spiro atoms. The third-order valence-corrected chi connectivity index (χ3v) is 13.3. The molecule has 1 saturated carbocycles. The second-order valence-corrected chi connectivity index (χ2v) is 18.1. The van der Waals surface area contributed by atoms with Crippen molar-refractivity contribution in [3.8, 4) is 67.5 Å². The molecule has 7 aromatic carbocycles. The molecule has 0 N–H and O–H groups in total. The highest BCUT2D eigenvalue weighted by Crippen LogP contribution is 2.59. The largest absolute Gasteiger partial charge is 0.456 e. The number of furan rings is 1. The van der Waals surface area contributed by atoms with Crippen LogP contribution in [0.4, 0.5) is 0 Å². The minimum Gasteiger partial charge on any atom is -0.456 e. The lowest BCUT2D eigenvalue weighted by Gasteiger charge is -2.43. The Balaban J connectivity index is 0.947. The number of hydrogen-bond donors (Lipinski definition) is 0. The van der Waals surface area contributed by atoms with E-state index >= 15 is 0 Å². The van der Waals surface area contributed by atoms with Gasteiger partial charge in [0, 0.05) is 43.8 Å². The predicted octanol–water partition coefficient (Wildman–Crippen LogP) is 14.6. The Labute approximate surface area is 356 Å². The fraction of sp³-hybridized carbons (Fsp3) is 0.196. The highest BCUT2D eigenvalue weighted by Gasteiger charge is 2.47. The van der Waals surface area contributed by atoms with E-state index in [9.17, 15) is 5.48 Å². The Bertz CT molecular complexity index is 3400. The van der Waals surface area contributed by atoms with Gasteiger partial charge in [-0.2, -0.15) is 0 Å². The Hall–Kier alpha value is -6.65. The van der Waals surface area contributed by atoms with E-state index in [2.05, 4.69) is 86.6 Å². The Morgan fingerprint density at radius 3 is 1.65 bits per heavy atom. The monoisotopic (exact) mass is 779 g/mol. The first-order valence-corrected chi connectivity index (χ1v) is 20.9. The van der Waals surface area contributed by atoms with E-state index in [1.54, 1.807) is 0 Å². The molecule has 0 bridgehead atoms. The molecule has 2 heterocycles. The maximum absolute atomic E-state index is 9.70. The van der Waals surface area contributed by atoms with E-state index in [4.69, 9.17) is 19.4 Å². The summed E-state index contributed by atoms with van der Waals surface area (Å²) in [5, 5.41) is 2.12. The maximum atomic E-state index is 9.70. The maximum Gasteiger partial charge on any atom is 0.164 e. The summed E-state index contributed by atoms with van der Waals surface area (Å²) >= 11 is 0. The molecule has 290 valence electrons. The van der Waals surface area contributed by atoms with Gasteiger partial charge in [0.15, 0.2) is 17.5 Å². The average Bonchev–Trinajstić information content (AvgIpc) is 3.88. The molecule has 0 saturated heterocycles. The Morgan fingerprint density at radius 2 is 0.933 bits per heavy atom. The van der Waals surface area contributed by atoms with Gasteiger partial charge in [-0.1, -0.05) is 143 Å². The van der Waals surface area contributed by atoms with Crippen molar-refractivity contribution in [1.82, 2.24) is 15.0 Å². The van der Waals surface area contributed by atoms with Gasteiger partial charge >= 0.3 is 0 Å². The lowest BCUT2D eigenvalue weighted by molar-refractivity contribution is 0.188. The van der Waals surface area contributed by atoms with E-state index in [0.29, 0.717) is 17.5 Å². The van der Waals surface area contributed by atoms with Crippen LogP contribution in [-0.2, 0) is 10.8 Å². The summed E-state index contributed by atoms with van der Waals surface area (Å²) in [6.07, 6.45) is -3.13. The molecule has 2 aromatic heterocycles. The number of rotatable bonds is 4. The van der Waals surface area contributed by atoms with Crippen molar-refractivity contribution in [3.05, 3.63) is 174 Å². The molecule has 0 unspecified atom stereocenters. The highest BCUT2D eigenvalue weighted by atomic mass is 16.3. The molecular weight excluding hydrogens is 731 g/mol. The normalized spacial score (nSPS) is 19.1. The van der Waals surface area contributed by atoms with Crippen LogP contribution in [0.25, 0.3) is 89.5 Å². The summed E-state index contributed by atoms with van der Waals surface area (Å²) in [5.41, 5.74) is 12.0. The molecule has 12 rings (SSSR count). The van der Waals surface area contributed by atoms with Crippen LogP contribution in [0.2, 0.25) is 0 Å². The van der Waals surface area contributed by atoms with E-state index < -0.39 is 23.6 Å². The van der Waals surface area contributed by atoms with Gasteiger partial charge in [0.25, 0.3) is 0 Å². The molecule has 60 heavy (non-hydrogen) atoms. The standard InChI is InChI=1S/C56H45N3O/c1-54(2)26-28-56(29-27-54)45-16-10-8-14-39(45)42-23-19-36(31-48(42)56)35-18-22-40-41-24-20-37(32-47(41)55(3,4)46(40)30-35)52-57-51(34-12-6-5-7-13-34)58-53(59-52)38-21-25-44-43-15-9-11-17-49(43)60-50(44)33-38/h5-25,30-33H,26-29H2,1-4H3/i28D2,29D2. The lowest BCUT2D eigenvalue weighted by Crippen LogP contribution is -2.34. The molecular formula is C56H45N3O. The molecule has 0 amide bonds. The number of hydrogen-bond acceptors (Lipinski definition) is 4. The smallest absolute Gasteiger partial charge is 0.164 e. The first-order valence-electron chi connectivity index (χ1n) is 22.9. The summed E-state index contributed by atoms with van der Waals surface area (Å²) in [5.74, 6) is 1.74. The summed E-state index contributed by atoms with van der Waals surface area (Å²) < 4.78 is 45.0. The minimum absolute atomic E-state index is 0.266. The van der Waals surface area contributed by atoms with Gasteiger partial charge in [0.05, 0.1) is 0 Å². The van der Waals surface area contributed by atoms with Gasteiger partial charge in [-0.05, 0) is 123 Å². The van der Waals surface area contributed by atoms with Crippen LogP contribution in [0, 0.1) is 5.41 Å². The molecule has 4 nitrogen and oxygen atoms in total. The van der Waals surface area contributed by atoms with Crippen LogP contribution < -0.4 is 0 Å². The van der Waals surface area contributed by atoms with E-state index in [0.717, 1.165) is 77.6 Å². The SMILES string of the molecule is [2H]C1([2H])CC(C)(C)CC([2H])([2H])C12c1ccccc1-c1ccc(-c3ccc4c(c3)C(C)(C)c3cc(-c5nc(-c6ccccc6)nc(-c6ccc7c(c6)oc6ccccc67)n5)ccc3-4)cc12. The summed E-state index contributed by atoms with van der Waals surface area (Å²) in [4.78, 5) is 15.2. The Kier molecular flexibility index (Phi) is 6.61. The van der Waals surface area contributed by atoms with E-state index in [-0.39, 0.29) is 18.3 Å². The molecule has 1 fully saturated rings. The quantitative estimate of drug-likeness (QED) is 0.178. The van der Waals surface area contributed by atoms with E-state index in [1.165, 1.54) is 16.7 Å². The second kappa shape index (κ2) is 12.7. The van der Waals surface area contributed by atoms with Crippen LogP contribution in [0.1, 0.15) is 81.0 Å². The minimum atomic E-state index is -1.83. The van der Waals surface area contributed by atoms with Crippen LogP contribution in [0.3, 0.4) is 0 Å². The van der Waals surface area contributed by atoms with Crippen molar-refractivity contribution in [2.75, 3.05) is 0 Å². The topological polar surface area (TPSA) is 51.8 Å². The molecule has 3 aliphatic carbocycles. The van der Waals surface area contributed by atoms with Crippen LogP contribution in [-0.4, -0.2) is 15.0 Å². The van der Waals surface area contributed by atoms with Gasteiger partial charge in [-0.3, -0.25) is 0 Å². The molecule has 0 radical (unpaired) electrons. The Morgan fingerprint density at radius 1 is 0.433 bits per heavy atom. The molecule has 3 aliphatic rings. The van der Waals surface area contributed by atoms with Crippen molar-refractivity contribution in [2.45, 2.75) is 64.1 Å². The molecule has 9 aromatic rings. The van der Waals surface area contributed by atoms with Gasteiger partial charge in [-0.25, -0.2) is 15.0 Å². The lowest BCUT2D eigenvalue weighted by atomic mass is 9.61. The molecule has 4 heteroatoms. The average molecular weight is 780 g/mol. The van der Waals surface area contributed by atoms with Crippen molar-refractivity contribution < 1.29 is 9.90 Å². The van der Waals surface area contributed by atoms with Gasteiger partial charge < -0.3 is 4.42 Å². The number of aromatic nitrogens is 3. The van der Waals surface area contributed by atoms with Crippen molar-refractivity contribution >= 4 is 21.9 Å². The summed E-state index contributed by atoms with van der Waals surface area (Å²) in [6, 6.07) is 51.6. The first-order chi connectivity index (χ1) is 30.6. The van der Waals surface area contributed by atoms with E-state index in [1.807, 2.05) is 92.7 Å². The van der Waals surface area contributed by atoms with Crippen LogP contribution in [0.15, 0.2) is 156 Å². The fourth-order valence-electron chi connectivity index (χ4n) is 9.98. The zero-order chi connectivity index (χ0) is 44.0. The zero-order valence-corrected chi connectivity index (χ0v) is 34.1. The molecule has 0 atom stereocenters. The predicted molar refractivity (Wildman–Crippen MR) is 245 cm³/mol. The highest BCUT2D eigenvalue weighted by molar-refractivity contribution is 6.05. The zero-order valence-electron chi connectivity index (χ0n) is 38.1. The number of fused-ring (bicyclic) bond motifs is 11. The number of benzene rings is 7. The van der Waals surface area contributed by atoms with Crippen molar-refractivity contribution in [3.63, 3.8) is 0 Å². The fourth-order valence-corrected chi connectivity index (χ4v) is 9.98. The van der Waals surface area contributed by atoms with Crippen molar-refractivity contribution in [1.29, 1.82) is 0 Å². The third kappa shape index (κ3) is 5.26. The van der Waals surface area contributed by atoms with Crippen LogP contribution >= 0.6 is 0 Å². The summed E-state index contributed by atoms with van der Waals surface area (Å²) in [6.45, 7) is 8.52. The third-order valence-electron chi connectivity index (χ3n) is 13.3. The van der Waals surface area contributed by atoms with Gasteiger partial charge in [0.1, 0.15) is 11.2 Å².